The van der Waals surface area contributed by atoms with Gasteiger partial charge < -0.3 is 10.1 Å². The topological polar surface area (TPSA) is 54.5 Å². The number of carbonyl (C=O) groups is 1. The van der Waals surface area contributed by atoms with E-state index in [4.69, 9.17) is 27.9 Å². The third-order valence-corrected chi connectivity index (χ3v) is 8.45. The number of aromatic nitrogens is 1. The van der Waals surface area contributed by atoms with Crippen LogP contribution in [0.2, 0.25) is 9.36 Å². The first-order chi connectivity index (χ1) is 14.3. The van der Waals surface area contributed by atoms with Crippen molar-refractivity contribution in [2.45, 2.75) is 70.6 Å². The monoisotopic (exact) mass is 467 g/mol. The largest absolute Gasteiger partial charge is 0.496 e. The van der Waals surface area contributed by atoms with Gasteiger partial charge in [0.1, 0.15) is 15.1 Å². The predicted octanol–water partition coefficient (Wildman–Crippen LogP) is 5.56. The zero-order chi connectivity index (χ0) is 21.6. The van der Waals surface area contributed by atoms with Gasteiger partial charge in [0.05, 0.1) is 7.11 Å². The third-order valence-electron chi connectivity index (χ3n) is 6.83. The van der Waals surface area contributed by atoms with Gasteiger partial charge in [0.25, 0.3) is 5.91 Å². The maximum atomic E-state index is 12.6. The van der Waals surface area contributed by atoms with Crippen molar-refractivity contribution in [3.8, 4) is 5.75 Å². The standard InChI is InChI=1S/C22H27Cl2N3O2S/c1-11-12(2)18(29-4)8-7-17(11)13(3)27-15-5-6-16(27)10-14(9-15)25-22(28)20-19(23)21(24)30-26-20/h7-8,13-16H,5-6,9-10H2,1-4H3,(H,25,28). The van der Waals surface area contributed by atoms with Crippen LogP contribution in [0.15, 0.2) is 12.1 Å². The number of hydrogen-bond donors (Lipinski definition) is 1. The van der Waals surface area contributed by atoms with E-state index in [-0.39, 0.29) is 22.7 Å². The lowest BCUT2D eigenvalue weighted by Gasteiger charge is -2.43. The lowest BCUT2D eigenvalue weighted by Crippen LogP contribution is -2.51. The molecule has 30 heavy (non-hydrogen) atoms. The fraction of sp³-hybridized carbons (Fsp3) is 0.545. The molecule has 2 aromatic rings. The van der Waals surface area contributed by atoms with Crippen molar-refractivity contribution in [3.63, 3.8) is 0 Å². The number of benzene rings is 1. The number of fused-ring (bicyclic) bond motifs is 2. The number of hydrogen-bond acceptors (Lipinski definition) is 5. The Bertz CT molecular complexity index is 950. The number of methoxy groups -OCH3 is 1. The number of nitrogens with zero attached hydrogens (tertiary/aromatic N) is 2. The molecule has 4 rings (SSSR count). The van der Waals surface area contributed by atoms with Gasteiger partial charge in [-0.25, -0.2) is 0 Å². The molecule has 1 N–H and O–H groups in total. The third kappa shape index (κ3) is 3.83. The Hall–Kier alpha value is -1.34. The average Bonchev–Trinajstić information content (AvgIpc) is 3.19. The number of amides is 1. The zero-order valence-electron chi connectivity index (χ0n) is 17.7. The van der Waals surface area contributed by atoms with Gasteiger partial charge in [-0.1, -0.05) is 29.3 Å². The molecule has 2 aliphatic heterocycles. The van der Waals surface area contributed by atoms with Crippen molar-refractivity contribution >= 4 is 40.6 Å². The molecule has 0 radical (unpaired) electrons. The van der Waals surface area contributed by atoms with Crippen LogP contribution in [0.3, 0.4) is 0 Å². The second-order valence-corrected chi connectivity index (χ2v) is 10.1. The van der Waals surface area contributed by atoms with E-state index >= 15 is 0 Å². The van der Waals surface area contributed by atoms with Crippen molar-refractivity contribution in [2.75, 3.05) is 7.11 Å². The molecule has 0 aliphatic carbocycles. The predicted molar refractivity (Wildman–Crippen MR) is 122 cm³/mol. The smallest absolute Gasteiger partial charge is 0.272 e. The summed E-state index contributed by atoms with van der Waals surface area (Å²) in [7, 11) is 1.72. The van der Waals surface area contributed by atoms with Gasteiger partial charge in [-0.15, -0.1) is 0 Å². The Morgan fingerprint density at radius 3 is 2.47 bits per heavy atom. The van der Waals surface area contributed by atoms with Crippen molar-refractivity contribution in [1.82, 2.24) is 14.6 Å². The van der Waals surface area contributed by atoms with Gasteiger partial charge in [0.2, 0.25) is 0 Å². The first-order valence-electron chi connectivity index (χ1n) is 10.3. The molecule has 1 aromatic heterocycles. The van der Waals surface area contributed by atoms with Crippen LogP contribution in [0.4, 0.5) is 0 Å². The molecule has 2 fully saturated rings. The van der Waals surface area contributed by atoms with E-state index in [0.29, 0.717) is 22.5 Å². The summed E-state index contributed by atoms with van der Waals surface area (Å²) >= 11 is 13.1. The Kier molecular flexibility index (Phi) is 6.31. The number of carbonyl (C=O) groups excluding carboxylic acids is 1. The molecule has 5 nitrogen and oxygen atoms in total. The van der Waals surface area contributed by atoms with Crippen LogP contribution in [0.25, 0.3) is 0 Å². The Labute approximate surface area is 191 Å². The van der Waals surface area contributed by atoms with Crippen LogP contribution >= 0.6 is 34.7 Å². The normalized spacial score (nSPS) is 24.7. The highest BCUT2D eigenvalue weighted by Gasteiger charge is 2.44. The average molecular weight is 468 g/mol. The minimum atomic E-state index is -0.226. The number of halogens is 2. The molecule has 2 saturated heterocycles. The van der Waals surface area contributed by atoms with Crippen LogP contribution in [0.5, 0.6) is 5.75 Å². The maximum Gasteiger partial charge on any atom is 0.272 e. The zero-order valence-corrected chi connectivity index (χ0v) is 20.0. The van der Waals surface area contributed by atoms with Crippen molar-refractivity contribution in [2.24, 2.45) is 0 Å². The molecule has 0 spiro atoms. The van der Waals surface area contributed by atoms with Crippen LogP contribution in [0, 0.1) is 13.8 Å². The number of nitrogens with one attached hydrogen (secondary N) is 1. The van der Waals surface area contributed by atoms with Gasteiger partial charge in [-0.05, 0) is 80.7 Å². The summed E-state index contributed by atoms with van der Waals surface area (Å²) in [5.41, 5.74) is 4.10. The summed E-state index contributed by atoms with van der Waals surface area (Å²) in [4.78, 5) is 15.3. The lowest BCUT2D eigenvalue weighted by atomic mass is 9.91. The summed E-state index contributed by atoms with van der Waals surface area (Å²) in [6.07, 6.45) is 4.21. The van der Waals surface area contributed by atoms with E-state index in [2.05, 4.69) is 47.5 Å². The Morgan fingerprint density at radius 1 is 1.23 bits per heavy atom. The minimum Gasteiger partial charge on any atom is -0.496 e. The van der Waals surface area contributed by atoms with Crippen LogP contribution < -0.4 is 10.1 Å². The SMILES string of the molecule is COc1ccc(C(C)N2C3CCC2CC(NC(=O)c2nsc(Cl)c2Cl)C3)c(C)c1C. The van der Waals surface area contributed by atoms with Crippen molar-refractivity contribution in [3.05, 3.63) is 43.9 Å². The van der Waals surface area contributed by atoms with Crippen LogP contribution in [-0.2, 0) is 0 Å². The van der Waals surface area contributed by atoms with Gasteiger partial charge in [-0.3, -0.25) is 9.69 Å². The fourth-order valence-electron chi connectivity index (χ4n) is 5.27. The van der Waals surface area contributed by atoms with Gasteiger partial charge in [-0.2, -0.15) is 4.37 Å². The molecule has 2 bridgehead atoms. The Balaban J connectivity index is 1.47. The van der Waals surface area contributed by atoms with Gasteiger partial charge in [0, 0.05) is 24.2 Å². The first-order valence-corrected chi connectivity index (χ1v) is 11.9. The summed E-state index contributed by atoms with van der Waals surface area (Å²) in [5.74, 6) is 0.712. The highest BCUT2D eigenvalue weighted by atomic mass is 35.5. The van der Waals surface area contributed by atoms with E-state index in [9.17, 15) is 4.79 Å². The van der Waals surface area contributed by atoms with Gasteiger partial charge in [0.15, 0.2) is 5.69 Å². The number of piperidine rings is 1. The van der Waals surface area contributed by atoms with E-state index in [1.165, 1.54) is 29.5 Å². The molecule has 162 valence electrons. The second-order valence-electron chi connectivity index (χ2n) is 8.38. The molecule has 1 amide bonds. The minimum absolute atomic E-state index is 0.133. The van der Waals surface area contributed by atoms with Gasteiger partial charge >= 0.3 is 0 Å². The lowest BCUT2D eigenvalue weighted by molar-refractivity contribution is 0.0687. The molecular formula is C22H27Cl2N3O2S. The molecule has 3 heterocycles. The first kappa shape index (κ1) is 21.9. The van der Waals surface area contributed by atoms with E-state index in [1.807, 2.05) is 0 Å². The van der Waals surface area contributed by atoms with E-state index in [0.717, 1.165) is 30.1 Å². The summed E-state index contributed by atoms with van der Waals surface area (Å²) < 4.78 is 9.93. The van der Waals surface area contributed by atoms with Crippen molar-refractivity contribution in [1.29, 1.82) is 0 Å². The molecule has 2 aliphatic rings. The van der Waals surface area contributed by atoms with Crippen LogP contribution in [0.1, 0.15) is 65.8 Å². The van der Waals surface area contributed by atoms with Crippen molar-refractivity contribution < 1.29 is 9.53 Å². The molecule has 1 aromatic carbocycles. The quantitative estimate of drug-likeness (QED) is 0.624. The summed E-state index contributed by atoms with van der Waals surface area (Å²) in [6.45, 7) is 6.60. The van der Waals surface area contributed by atoms with E-state index in [1.54, 1.807) is 7.11 Å². The molecular weight excluding hydrogens is 441 g/mol. The maximum absolute atomic E-state index is 12.6. The summed E-state index contributed by atoms with van der Waals surface area (Å²) in [5, 5.41) is 3.39. The highest BCUT2D eigenvalue weighted by molar-refractivity contribution is 7.11. The molecule has 3 unspecified atom stereocenters. The molecule has 8 heteroatoms. The van der Waals surface area contributed by atoms with E-state index < -0.39 is 0 Å². The fourth-order valence-corrected chi connectivity index (χ4v) is 6.27. The number of ether oxygens (including phenoxy) is 1. The molecule has 3 atom stereocenters. The number of rotatable bonds is 5. The van der Waals surface area contributed by atoms with Crippen LogP contribution in [-0.4, -0.2) is 40.4 Å². The second kappa shape index (κ2) is 8.65. The highest BCUT2D eigenvalue weighted by Crippen LogP contribution is 2.43. The Morgan fingerprint density at radius 2 is 1.90 bits per heavy atom. The summed E-state index contributed by atoms with van der Waals surface area (Å²) in [6, 6.07) is 5.66. The molecule has 0 saturated carbocycles.